The largest absolute Gasteiger partial charge is 0.308 e. The van der Waals surface area contributed by atoms with Gasteiger partial charge in [-0.3, -0.25) is 0 Å². The number of thiophene rings is 1. The molecule has 0 bridgehead atoms. The predicted octanol–water partition coefficient (Wildman–Crippen LogP) is 4.39. The lowest BCUT2D eigenvalue weighted by molar-refractivity contribution is 0.569. The van der Waals surface area contributed by atoms with Gasteiger partial charge in [0.2, 0.25) is 0 Å². The zero-order valence-corrected chi connectivity index (χ0v) is 12.2. The Hall–Kier alpha value is -0.780. The van der Waals surface area contributed by atoms with E-state index in [4.69, 9.17) is 0 Å². The van der Waals surface area contributed by atoms with Crippen molar-refractivity contribution in [3.63, 3.8) is 0 Å². The van der Waals surface area contributed by atoms with E-state index < -0.39 is 5.82 Å². The predicted molar refractivity (Wildman–Crippen MR) is 73.7 cm³/mol. The number of rotatable bonds is 4. The first-order valence-corrected chi connectivity index (χ1v) is 7.06. The van der Waals surface area contributed by atoms with Crippen molar-refractivity contribution in [2.24, 2.45) is 0 Å². The summed E-state index contributed by atoms with van der Waals surface area (Å²) in [7, 11) is 0. The van der Waals surface area contributed by atoms with Crippen LogP contribution in [0.4, 0.5) is 8.78 Å². The molecule has 1 heterocycles. The summed E-state index contributed by atoms with van der Waals surface area (Å²) in [6, 6.07) is 5.53. The number of hydrogen-bond acceptors (Lipinski definition) is 2. The highest BCUT2D eigenvalue weighted by molar-refractivity contribution is 9.10. The third-order valence-corrected chi connectivity index (χ3v) is 4.67. The second kappa shape index (κ2) is 5.91. The maximum Gasteiger partial charge on any atom is 0.127 e. The molecule has 2 rings (SSSR count). The third-order valence-electron chi connectivity index (χ3n) is 2.53. The molecule has 2 aromatic rings. The van der Waals surface area contributed by atoms with Gasteiger partial charge in [0.25, 0.3) is 0 Å². The Labute approximate surface area is 117 Å². The quantitative estimate of drug-likeness (QED) is 0.876. The molecular formula is C13H12BrF2NS. The molecule has 0 saturated heterocycles. The van der Waals surface area contributed by atoms with Gasteiger partial charge in [0.05, 0.1) is 0 Å². The monoisotopic (exact) mass is 331 g/mol. The van der Waals surface area contributed by atoms with E-state index in [1.165, 1.54) is 10.9 Å². The van der Waals surface area contributed by atoms with Crippen LogP contribution >= 0.6 is 27.3 Å². The maximum absolute atomic E-state index is 13.4. The van der Waals surface area contributed by atoms with Crippen LogP contribution in [0.1, 0.15) is 15.3 Å². The maximum atomic E-state index is 13.4. The molecule has 0 fully saturated rings. The number of nitrogens with one attached hydrogen (secondary N) is 1. The van der Waals surface area contributed by atoms with Crippen molar-refractivity contribution in [3.05, 3.63) is 55.7 Å². The van der Waals surface area contributed by atoms with Crippen molar-refractivity contribution in [2.45, 2.75) is 20.0 Å². The highest BCUT2D eigenvalue weighted by atomic mass is 79.9. The Morgan fingerprint density at radius 1 is 1.22 bits per heavy atom. The summed E-state index contributed by atoms with van der Waals surface area (Å²) in [6.45, 7) is 3.00. The van der Waals surface area contributed by atoms with E-state index in [2.05, 4.69) is 21.2 Å². The lowest BCUT2D eigenvalue weighted by Crippen LogP contribution is -2.13. The molecule has 0 aliphatic carbocycles. The Morgan fingerprint density at radius 3 is 2.67 bits per heavy atom. The summed E-state index contributed by atoms with van der Waals surface area (Å²) in [5.74, 6) is -0.796. The zero-order chi connectivity index (χ0) is 13.1. The first-order valence-electron chi connectivity index (χ1n) is 5.45. The summed E-state index contributed by atoms with van der Waals surface area (Å²) < 4.78 is 27.4. The second-order valence-corrected chi connectivity index (χ2v) is 6.15. The van der Waals surface area contributed by atoms with Gasteiger partial charge < -0.3 is 5.32 Å². The normalized spacial score (nSPS) is 10.9. The summed E-state index contributed by atoms with van der Waals surface area (Å²) >= 11 is 5.13. The van der Waals surface area contributed by atoms with Crippen LogP contribution in [0.2, 0.25) is 0 Å². The number of hydrogen-bond donors (Lipinski definition) is 1. The highest BCUT2D eigenvalue weighted by Crippen LogP contribution is 2.26. The van der Waals surface area contributed by atoms with Crippen LogP contribution in [-0.2, 0) is 13.1 Å². The van der Waals surface area contributed by atoms with Crippen LogP contribution in [0.15, 0.2) is 28.7 Å². The van der Waals surface area contributed by atoms with Gasteiger partial charge in [-0.05, 0) is 47.1 Å². The first-order chi connectivity index (χ1) is 8.56. The Morgan fingerprint density at radius 2 is 2.00 bits per heavy atom. The molecule has 1 N–H and O–H groups in total. The second-order valence-electron chi connectivity index (χ2n) is 3.96. The van der Waals surface area contributed by atoms with Crippen molar-refractivity contribution in [1.82, 2.24) is 5.32 Å². The molecule has 18 heavy (non-hydrogen) atoms. The summed E-state index contributed by atoms with van der Waals surface area (Å²) in [5, 5.41) is 3.11. The standard InChI is InChI=1S/C13H12BrF2NS/c1-8-12(14)5-11(18-8)7-17-6-9-4-10(15)2-3-13(9)16/h2-5,17H,6-7H2,1H3. The van der Waals surface area contributed by atoms with E-state index in [9.17, 15) is 8.78 Å². The Balaban J connectivity index is 1.94. The molecule has 0 amide bonds. The lowest BCUT2D eigenvalue weighted by Gasteiger charge is -2.04. The first kappa shape index (κ1) is 13.6. The molecule has 0 saturated carbocycles. The molecule has 0 atom stereocenters. The van der Waals surface area contributed by atoms with Crippen molar-refractivity contribution in [1.29, 1.82) is 0 Å². The topological polar surface area (TPSA) is 12.0 Å². The average molecular weight is 332 g/mol. The van der Waals surface area contributed by atoms with Gasteiger partial charge in [-0.2, -0.15) is 0 Å². The van der Waals surface area contributed by atoms with Crippen molar-refractivity contribution < 1.29 is 8.78 Å². The van der Waals surface area contributed by atoms with Crippen LogP contribution in [0.3, 0.4) is 0 Å². The third kappa shape index (κ3) is 3.37. The minimum atomic E-state index is -0.414. The Bertz CT molecular complexity index is 534. The SMILES string of the molecule is Cc1sc(CNCc2cc(F)ccc2F)cc1Br. The molecule has 0 spiro atoms. The fraction of sp³-hybridized carbons (Fsp3) is 0.231. The van der Waals surface area contributed by atoms with Crippen molar-refractivity contribution in [3.8, 4) is 0 Å². The van der Waals surface area contributed by atoms with Gasteiger partial charge in [-0.15, -0.1) is 11.3 Å². The minimum absolute atomic E-state index is 0.318. The minimum Gasteiger partial charge on any atom is -0.308 e. The molecule has 1 aromatic carbocycles. The van der Waals surface area contributed by atoms with E-state index in [-0.39, 0.29) is 5.82 Å². The summed E-state index contributed by atoms with van der Waals surface area (Å²) in [6.07, 6.45) is 0. The molecule has 0 unspecified atom stereocenters. The van der Waals surface area contributed by atoms with Gasteiger partial charge >= 0.3 is 0 Å². The Kier molecular flexibility index (Phi) is 4.48. The van der Waals surface area contributed by atoms with E-state index in [1.54, 1.807) is 11.3 Å². The summed E-state index contributed by atoms with van der Waals surface area (Å²) in [5.41, 5.74) is 0.349. The fourth-order valence-corrected chi connectivity index (χ4v) is 3.18. The number of halogens is 3. The molecule has 1 nitrogen and oxygen atoms in total. The van der Waals surface area contributed by atoms with E-state index in [0.717, 1.165) is 21.5 Å². The van der Waals surface area contributed by atoms with Gasteiger partial charge in [-0.25, -0.2) is 8.78 Å². The molecule has 1 aromatic heterocycles. The van der Waals surface area contributed by atoms with Crippen LogP contribution in [-0.4, -0.2) is 0 Å². The van der Waals surface area contributed by atoms with E-state index >= 15 is 0 Å². The smallest absolute Gasteiger partial charge is 0.127 e. The van der Waals surface area contributed by atoms with Gasteiger partial charge in [0, 0.05) is 32.9 Å². The fourth-order valence-electron chi connectivity index (χ4n) is 1.60. The zero-order valence-electron chi connectivity index (χ0n) is 9.77. The van der Waals surface area contributed by atoms with Crippen molar-refractivity contribution in [2.75, 3.05) is 0 Å². The molecule has 5 heteroatoms. The number of aryl methyl sites for hydroxylation is 1. The van der Waals surface area contributed by atoms with Gasteiger partial charge in [0.15, 0.2) is 0 Å². The lowest BCUT2D eigenvalue weighted by atomic mass is 10.2. The van der Waals surface area contributed by atoms with Crippen LogP contribution in [0.5, 0.6) is 0 Å². The number of benzene rings is 1. The van der Waals surface area contributed by atoms with E-state index in [1.807, 2.05) is 13.0 Å². The van der Waals surface area contributed by atoms with Crippen LogP contribution in [0, 0.1) is 18.6 Å². The van der Waals surface area contributed by atoms with Crippen LogP contribution < -0.4 is 5.32 Å². The van der Waals surface area contributed by atoms with E-state index in [0.29, 0.717) is 18.7 Å². The molecular weight excluding hydrogens is 320 g/mol. The molecule has 0 aliphatic rings. The molecule has 96 valence electrons. The van der Waals surface area contributed by atoms with Crippen LogP contribution in [0.25, 0.3) is 0 Å². The molecule has 0 aliphatic heterocycles. The van der Waals surface area contributed by atoms with Crippen molar-refractivity contribution >= 4 is 27.3 Å². The average Bonchev–Trinajstić information content (AvgIpc) is 2.63. The van der Waals surface area contributed by atoms with Gasteiger partial charge in [-0.1, -0.05) is 0 Å². The molecule has 0 radical (unpaired) electrons. The summed E-state index contributed by atoms with van der Waals surface area (Å²) in [4.78, 5) is 2.37. The highest BCUT2D eigenvalue weighted by Gasteiger charge is 2.05. The van der Waals surface area contributed by atoms with Gasteiger partial charge in [0.1, 0.15) is 11.6 Å².